The maximum atomic E-state index is 5.86. The van der Waals surface area contributed by atoms with E-state index in [0.717, 1.165) is 18.9 Å². The largest absolute Gasteiger partial charge is 0.385 e. The Morgan fingerprint density at radius 3 is 2.80 bits per heavy atom. The number of ether oxygens (including phenoxy) is 1. The van der Waals surface area contributed by atoms with E-state index in [2.05, 4.69) is 0 Å². The number of methoxy groups -OCH3 is 1. The second-order valence-electron chi connectivity index (χ2n) is 3.14. The normalized spacial score (nSPS) is 33.0. The standard InChI is InChI=1S/C8H17NO/c1-10-6-5-7-3-2-4-8(7)9/h7-8H,2-6,9H2,1H3. The number of hydrogen-bond donors (Lipinski definition) is 1. The molecule has 1 rings (SSSR count). The lowest BCUT2D eigenvalue weighted by Crippen LogP contribution is -2.25. The number of nitrogens with two attached hydrogens (primary N) is 1. The van der Waals surface area contributed by atoms with Crippen molar-refractivity contribution < 1.29 is 4.74 Å². The van der Waals surface area contributed by atoms with Crippen molar-refractivity contribution in [3.05, 3.63) is 0 Å². The van der Waals surface area contributed by atoms with Crippen LogP contribution in [0.4, 0.5) is 0 Å². The summed E-state index contributed by atoms with van der Waals surface area (Å²) < 4.78 is 5.00. The summed E-state index contributed by atoms with van der Waals surface area (Å²) >= 11 is 0. The third kappa shape index (κ3) is 1.96. The third-order valence-electron chi connectivity index (χ3n) is 2.41. The van der Waals surface area contributed by atoms with Crippen LogP contribution in [0.5, 0.6) is 0 Å². The Morgan fingerprint density at radius 2 is 2.30 bits per heavy atom. The molecule has 1 saturated carbocycles. The molecule has 0 saturated heterocycles. The molecule has 2 atom stereocenters. The minimum absolute atomic E-state index is 0.454. The smallest absolute Gasteiger partial charge is 0.0465 e. The van der Waals surface area contributed by atoms with Crippen LogP contribution in [0.2, 0.25) is 0 Å². The molecule has 0 amide bonds. The van der Waals surface area contributed by atoms with Crippen LogP contribution in [0.15, 0.2) is 0 Å². The topological polar surface area (TPSA) is 35.2 Å². The summed E-state index contributed by atoms with van der Waals surface area (Å²) in [6.45, 7) is 0.873. The molecule has 2 unspecified atom stereocenters. The van der Waals surface area contributed by atoms with Crippen LogP contribution in [0.25, 0.3) is 0 Å². The van der Waals surface area contributed by atoms with E-state index in [9.17, 15) is 0 Å². The molecular weight excluding hydrogens is 126 g/mol. The molecule has 0 aliphatic heterocycles. The van der Waals surface area contributed by atoms with Gasteiger partial charge in [-0.25, -0.2) is 0 Å². The fourth-order valence-corrected chi connectivity index (χ4v) is 1.69. The van der Waals surface area contributed by atoms with Crippen molar-refractivity contribution in [3.8, 4) is 0 Å². The monoisotopic (exact) mass is 143 g/mol. The predicted molar refractivity (Wildman–Crippen MR) is 41.8 cm³/mol. The maximum Gasteiger partial charge on any atom is 0.0465 e. The van der Waals surface area contributed by atoms with E-state index in [-0.39, 0.29) is 0 Å². The average molecular weight is 143 g/mol. The molecular formula is C8H17NO. The van der Waals surface area contributed by atoms with Crippen molar-refractivity contribution in [1.29, 1.82) is 0 Å². The lowest BCUT2D eigenvalue weighted by atomic mass is 10.0. The Labute approximate surface area is 62.7 Å². The van der Waals surface area contributed by atoms with Crippen LogP contribution in [-0.4, -0.2) is 19.8 Å². The molecule has 60 valence electrons. The first-order valence-corrected chi connectivity index (χ1v) is 4.09. The third-order valence-corrected chi connectivity index (χ3v) is 2.41. The minimum Gasteiger partial charge on any atom is -0.385 e. The van der Waals surface area contributed by atoms with Crippen molar-refractivity contribution in [2.45, 2.75) is 31.7 Å². The van der Waals surface area contributed by atoms with Gasteiger partial charge in [0.25, 0.3) is 0 Å². The van der Waals surface area contributed by atoms with Crippen molar-refractivity contribution in [2.75, 3.05) is 13.7 Å². The second-order valence-corrected chi connectivity index (χ2v) is 3.14. The lowest BCUT2D eigenvalue weighted by molar-refractivity contribution is 0.175. The molecule has 2 heteroatoms. The maximum absolute atomic E-state index is 5.86. The predicted octanol–water partition coefficient (Wildman–Crippen LogP) is 1.15. The highest BCUT2D eigenvalue weighted by molar-refractivity contribution is 4.79. The Balaban J connectivity index is 2.14. The summed E-state index contributed by atoms with van der Waals surface area (Å²) in [7, 11) is 1.75. The van der Waals surface area contributed by atoms with Crippen LogP contribution < -0.4 is 5.73 Å². The Morgan fingerprint density at radius 1 is 1.50 bits per heavy atom. The highest BCUT2D eigenvalue weighted by Gasteiger charge is 2.22. The van der Waals surface area contributed by atoms with Gasteiger partial charge < -0.3 is 10.5 Å². The zero-order valence-corrected chi connectivity index (χ0v) is 6.68. The quantitative estimate of drug-likeness (QED) is 0.643. The van der Waals surface area contributed by atoms with Crippen molar-refractivity contribution in [2.24, 2.45) is 11.7 Å². The van der Waals surface area contributed by atoms with Gasteiger partial charge >= 0.3 is 0 Å². The highest BCUT2D eigenvalue weighted by atomic mass is 16.5. The number of rotatable bonds is 3. The molecule has 0 aromatic heterocycles. The van der Waals surface area contributed by atoms with Gasteiger partial charge in [-0.05, 0) is 25.2 Å². The molecule has 0 spiro atoms. The first-order chi connectivity index (χ1) is 4.84. The molecule has 1 aliphatic carbocycles. The van der Waals surface area contributed by atoms with Gasteiger partial charge in [0.05, 0.1) is 0 Å². The molecule has 0 heterocycles. The van der Waals surface area contributed by atoms with E-state index in [4.69, 9.17) is 10.5 Å². The summed E-state index contributed by atoms with van der Waals surface area (Å²) in [6.07, 6.45) is 4.99. The van der Waals surface area contributed by atoms with E-state index in [1.54, 1.807) is 7.11 Å². The van der Waals surface area contributed by atoms with Gasteiger partial charge in [-0.1, -0.05) is 6.42 Å². The molecule has 2 N–H and O–H groups in total. The van der Waals surface area contributed by atoms with Gasteiger partial charge in [-0.2, -0.15) is 0 Å². The van der Waals surface area contributed by atoms with Crippen molar-refractivity contribution in [1.82, 2.24) is 0 Å². The summed E-state index contributed by atoms with van der Waals surface area (Å²) in [4.78, 5) is 0. The molecule has 0 bridgehead atoms. The van der Waals surface area contributed by atoms with Crippen LogP contribution >= 0.6 is 0 Å². The molecule has 1 aliphatic rings. The fourth-order valence-electron chi connectivity index (χ4n) is 1.69. The van der Waals surface area contributed by atoms with Crippen LogP contribution in [0.1, 0.15) is 25.7 Å². The zero-order chi connectivity index (χ0) is 7.40. The van der Waals surface area contributed by atoms with Gasteiger partial charge in [-0.15, -0.1) is 0 Å². The molecule has 10 heavy (non-hydrogen) atoms. The van der Waals surface area contributed by atoms with E-state index in [1.165, 1.54) is 19.3 Å². The van der Waals surface area contributed by atoms with Gasteiger partial charge in [0.2, 0.25) is 0 Å². The molecule has 0 aromatic carbocycles. The van der Waals surface area contributed by atoms with Crippen molar-refractivity contribution >= 4 is 0 Å². The van der Waals surface area contributed by atoms with E-state index < -0.39 is 0 Å². The van der Waals surface area contributed by atoms with Gasteiger partial charge in [0.15, 0.2) is 0 Å². The summed E-state index contributed by atoms with van der Waals surface area (Å²) in [5.74, 6) is 0.736. The minimum atomic E-state index is 0.454. The van der Waals surface area contributed by atoms with Crippen LogP contribution in [0.3, 0.4) is 0 Å². The highest BCUT2D eigenvalue weighted by Crippen LogP contribution is 2.26. The summed E-state index contributed by atoms with van der Waals surface area (Å²) in [5, 5.41) is 0. The Hall–Kier alpha value is -0.0800. The van der Waals surface area contributed by atoms with Crippen LogP contribution in [0, 0.1) is 5.92 Å². The van der Waals surface area contributed by atoms with Gasteiger partial charge in [0, 0.05) is 19.8 Å². The number of hydrogen-bond acceptors (Lipinski definition) is 2. The Bertz CT molecular complexity index is 95.3. The van der Waals surface area contributed by atoms with E-state index in [1.807, 2.05) is 0 Å². The molecule has 1 fully saturated rings. The molecule has 0 radical (unpaired) electrons. The van der Waals surface area contributed by atoms with E-state index >= 15 is 0 Å². The SMILES string of the molecule is COCCC1CCCC1N. The molecule has 2 nitrogen and oxygen atoms in total. The average Bonchev–Trinajstić information content (AvgIpc) is 2.31. The first kappa shape index (κ1) is 8.02. The fraction of sp³-hybridized carbons (Fsp3) is 1.00. The molecule has 0 aromatic rings. The van der Waals surface area contributed by atoms with E-state index in [0.29, 0.717) is 6.04 Å². The summed E-state index contributed by atoms with van der Waals surface area (Å²) in [6, 6.07) is 0.454. The Kier molecular flexibility index (Phi) is 3.16. The van der Waals surface area contributed by atoms with Gasteiger partial charge in [0.1, 0.15) is 0 Å². The van der Waals surface area contributed by atoms with Gasteiger partial charge in [-0.3, -0.25) is 0 Å². The summed E-state index contributed by atoms with van der Waals surface area (Å²) in [5.41, 5.74) is 5.86. The lowest BCUT2D eigenvalue weighted by Gasteiger charge is -2.13. The van der Waals surface area contributed by atoms with Crippen molar-refractivity contribution in [3.63, 3.8) is 0 Å². The van der Waals surface area contributed by atoms with Crippen LogP contribution in [-0.2, 0) is 4.74 Å². The zero-order valence-electron chi connectivity index (χ0n) is 6.68. The second kappa shape index (κ2) is 3.94. The first-order valence-electron chi connectivity index (χ1n) is 4.09.